The van der Waals surface area contributed by atoms with Gasteiger partial charge in [0.2, 0.25) is 5.91 Å². The van der Waals surface area contributed by atoms with Gasteiger partial charge in [-0.3, -0.25) is 4.79 Å². The first-order valence-corrected chi connectivity index (χ1v) is 10.1. The number of rotatable bonds is 8. The highest BCUT2D eigenvalue weighted by Crippen LogP contribution is 2.27. The largest absolute Gasteiger partial charge is 0.377 e. The van der Waals surface area contributed by atoms with Gasteiger partial charge in [-0.05, 0) is 50.5 Å². The summed E-state index contributed by atoms with van der Waals surface area (Å²) >= 11 is 0. The Morgan fingerprint density at radius 2 is 1.61 bits per heavy atom. The quantitative estimate of drug-likeness (QED) is 0.695. The van der Waals surface area contributed by atoms with E-state index in [1.54, 1.807) is 0 Å². The van der Waals surface area contributed by atoms with Crippen molar-refractivity contribution < 1.29 is 9.59 Å². The number of amides is 3. The zero-order valence-corrected chi connectivity index (χ0v) is 19.0. The molecule has 0 bridgehead atoms. The minimum absolute atomic E-state index is 0.0616. The molecule has 0 fully saturated rings. The second kappa shape index (κ2) is 10.3. The molecule has 0 aliphatic heterocycles. The van der Waals surface area contributed by atoms with E-state index < -0.39 is 0 Å². The van der Waals surface area contributed by atoms with E-state index in [-0.39, 0.29) is 29.9 Å². The van der Waals surface area contributed by atoms with E-state index in [0.29, 0.717) is 18.2 Å². The molecular weight excluding hydrogens is 352 g/mol. The number of nitrogens with one attached hydrogen (secondary N) is 2. The molecule has 0 aliphatic rings. The normalized spacial score (nSPS) is 12.3. The lowest BCUT2D eigenvalue weighted by Crippen LogP contribution is -2.43. The molecule has 0 aliphatic carbocycles. The predicted octanol–water partition coefficient (Wildman–Crippen LogP) is 4.31. The maximum Gasteiger partial charge on any atom is 0.319 e. The summed E-state index contributed by atoms with van der Waals surface area (Å²) < 4.78 is 0. The molecule has 28 heavy (non-hydrogen) atoms. The highest BCUT2D eigenvalue weighted by molar-refractivity contribution is 5.90. The van der Waals surface area contributed by atoms with Crippen LogP contribution in [0.15, 0.2) is 18.2 Å². The van der Waals surface area contributed by atoms with Gasteiger partial charge in [-0.2, -0.15) is 0 Å². The summed E-state index contributed by atoms with van der Waals surface area (Å²) in [6.07, 6.45) is 0. The van der Waals surface area contributed by atoms with E-state index in [1.165, 1.54) is 0 Å². The van der Waals surface area contributed by atoms with Gasteiger partial charge in [-0.25, -0.2) is 4.79 Å². The molecule has 1 aromatic rings. The SMILES string of the molecule is CC(C)NC(=O)Nc1ccc(N(C)C)c(CN(C(=O)C(C)C)C(C)C(C)C)c1. The van der Waals surface area contributed by atoms with Gasteiger partial charge < -0.3 is 20.4 Å². The summed E-state index contributed by atoms with van der Waals surface area (Å²) in [4.78, 5) is 29.0. The van der Waals surface area contributed by atoms with Crippen LogP contribution in [0.5, 0.6) is 0 Å². The van der Waals surface area contributed by atoms with Gasteiger partial charge in [0.15, 0.2) is 0 Å². The zero-order valence-electron chi connectivity index (χ0n) is 19.0. The minimum atomic E-state index is -0.232. The van der Waals surface area contributed by atoms with Crippen LogP contribution in [0.2, 0.25) is 0 Å². The number of urea groups is 1. The molecule has 2 N–H and O–H groups in total. The third-order valence-corrected chi connectivity index (χ3v) is 4.81. The number of benzene rings is 1. The van der Waals surface area contributed by atoms with Crippen molar-refractivity contribution in [3.8, 4) is 0 Å². The Hall–Kier alpha value is -2.24. The van der Waals surface area contributed by atoms with E-state index >= 15 is 0 Å². The summed E-state index contributed by atoms with van der Waals surface area (Å²) in [5.41, 5.74) is 2.76. The molecule has 0 saturated carbocycles. The first-order chi connectivity index (χ1) is 12.9. The van der Waals surface area contributed by atoms with Gasteiger partial charge in [0.25, 0.3) is 0 Å². The van der Waals surface area contributed by atoms with Crippen LogP contribution in [-0.2, 0) is 11.3 Å². The number of carbonyl (C=O) groups excluding carboxylic acids is 2. The van der Waals surface area contributed by atoms with Crippen LogP contribution in [-0.4, -0.2) is 43.0 Å². The second-order valence-electron chi connectivity index (χ2n) is 8.60. The number of hydrogen-bond acceptors (Lipinski definition) is 3. The molecule has 0 radical (unpaired) electrons. The maximum atomic E-state index is 12.9. The lowest BCUT2D eigenvalue weighted by molar-refractivity contribution is -0.138. The van der Waals surface area contributed by atoms with Gasteiger partial charge in [-0.1, -0.05) is 27.7 Å². The average Bonchev–Trinajstić information content (AvgIpc) is 2.57. The van der Waals surface area contributed by atoms with Crippen molar-refractivity contribution in [2.75, 3.05) is 24.3 Å². The standard InChI is InChI=1S/C22H38N4O2/c1-14(2)17(7)26(21(27)15(3)4)13-18-12-19(10-11-20(18)25(8)9)24-22(28)23-16(5)6/h10-12,14-17H,13H2,1-9H3,(H2,23,24,28). The highest BCUT2D eigenvalue weighted by Gasteiger charge is 2.26. The van der Waals surface area contributed by atoms with Crippen molar-refractivity contribution >= 4 is 23.3 Å². The predicted molar refractivity (Wildman–Crippen MR) is 118 cm³/mol. The molecule has 1 rings (SSSR count). The van der Waals surface area contributed by atoms with Crippen LogP contribution in [0.25, 0.3) is 0 Å². The minimum Gasteiger partial charge on any atom is -0.377 e. The molecule has 0 spiro atoms. The van der Waals surface area contributed by atoms with Gasteiger partial charge in [0.1, 0.15) is 0 Å². The Morgan fingerprint density at radius 3 is 2.07 bits per heavy atom. The highest BCUT2D eigenvalue weighted by atomic mass is 16.2. The van der Waals surface area contributed by atoms with E-state index in [4.69, 9.17) is 0 Å². The van der Waals surface area contributed by atoms with E-state index in [9.17, 15) is 9.59 Å². The number of anilines is 2. The average molecular weight is 391 g/mol. The van der Waals surface area contributed by atoms with Gasteiger partial charge in [-0.15, -0.1) is 0 Å². The molecule has 0 saturated heterocycles. The molecule has 0 aromatic heterocycles. The summed E-state index contributed by atoms with van der Waals surface area (Å²) in [7, 11) is 3.97. The van der Waals surface area contributed by atoms with Crippen molar-refractivity contribution in [2.24, 2.45) is 11.8 Å². The zero-order chi connectivity index (χ0) is 21.6. The Bertz CT molecular complexity index is 669. The first kappa shape index (κ1) is 23.8. The topological polar surface area (TPSA) is 64.7 Å². The van der Waals surface area contributed by atoms with Gasteiger partial charge >= 0.3 is 6.03 Å². The monoisotopic (exact) mass is 390 g/mol. The van der Waals surface area contributed by atoms with E-state index in [1.807, 2.05) is 69.8 Å². The molecule has 1 aromatic carbocycles. The fraction of sp³-hybridized carbons (Fsp3) is 0.636. The van der Waals surface area contributed by atoms with Crippen LogP contribution >= 0.6 is 0 Å². The number of hydrogen-bond donors (Lipinski definition) is 2. The fourth-order valence-corrected chi connectivity index (χ4v) is 2.95. The van der Waals surface area contributed by atoms with E-state index in [0.717, 1.165) is 11.3 Å². The summed E-state index contributed by atoms with van der Waals surface area (Å²) in [6.45, 7) is 14.6. The fourth-order valence-electron chi connectivity index (χ4n) is 2.95. The molecule has 6 nitrogen and oxygen atoms in total. The summed E-state index contributed by atoms with van der Waals surface area (Å²) in [6, 6.07) is 5.78. The lowest BCUT2D eigenvalue weighted by Gasteiger charge is -2.34. The second-order valence-corrected chi connectivity index (χ2v) is 8.60. The Kier molecular flexibility index (Phi) is 8.79. The summed E-state index contributed by atoms with van der Waals surface area (Å²) in [5, 5.41) is 5.72. The van der Waals surface area contributed by atoms with Crippen LogP contribution in [0.1, 0.15) is 54.0 Å². The van der Waals surface area contributed by atoms with E-state index in [2.05, 4.69) is 31.4 Å². The number of nitrogens with zero attached hydrogens (tertiary/aromatic N) is 2. The number of carbonyl (C=O) groups is 2. The maximum absolute atomic E-state index is 12.9. The summed E-state index contributed by atoms with van der Waals surface area (Å²) in [5.74, 6) is 0.424. The Balaban J connectivity index is 3.23. The molecule has 1 atom stereocenters. The van der Waals surface area contributed by atoms with Crippen molar-refractivity contribution in [3.63, 3.8) is 0 Å². The first-order valence-electron chi connectivity index (χ1n) is 10.1. The van der Waals surface area contributed by atoms with Crippen LogP contribution in [0.3, 0.4) is 0 Å². The van der Waals surface area contributed by atoms with Crippen molar-refractivity contribution in [2.45, 2.75) is 67.1 Å². The Morgan fingerprint density at radius 1 is 1.00 bits per heavy atom. The lowest BCUT2D eigenvalue weighted by atomic mass is 10.0. The van der Waals surface area contributed by atoms with Crippen LogP contribution in [0.4, 0.5) is 16.2 Å². The van der Waals surface area contributed by atoms with Crippen molar-refractivity contribution in [1.29, 1.82) is 0 Å². The van der Waals surface area contributed by atoms with Crippen LogP contribution in [0, 0.1) is 11.8 Å². The van der Waals surface area contributed by atoms with Crippen LogP contribution < -0.4 is 15.5 Å². The van der Waals surface area contributed by atoms with Crippen molar-refractivity contribution in [3.05, 3.63) is 23.8 Å². The van der Waals surface area contributed by atoms with Gasteiger partial charge in [0.05, 0.1) is 0 Å². The third kappa shape index (κ3) is 6.73. The third-order valence-electron chi connectivity index (χ3n) is 4.81. The molecule has 158 valence electrons. The van der Waals surface area contributed by atoms with Crippen molar-refractivity contribution in [1.82, 2.24) is 10.2 Å². The molecular formula is C22H38N4O2. The molecule has 3 amide bonds. The smallest absolute Gasteiger partial charge is 0.319 e. The molecule has 1 unspecified atom stereocenters. The molecule has 6 heteroatoms. The van der Waals surface area contributed by atoms with Gasteiger partial charge in [0, 0.05) is 50.0 Å². The Labute approximate surface area is 170 Å². The molecule has 0 heterocycles.